The van der Waals surface area contributed by atoms with Crippen molar-refractivity contribution in [3.05, 3.63) is 42.6 Å². The van der Waals surface area contributed by atoms with E-state index in [9.17, 15) is 4.79 Å². The lowest BCUT2D eigenvalue weighted by Crippen LogP contribution is -2.43. The molecular weight excluding hydrogens is 304 g/mol. The number of amides is 1. The monoisotopic (exact) mass is 326 g/mol. The zero-order chi connectivity index (χ0) is 16.8. The highest BCUT2D eigenvalue weighted by Gasteiger charge is 2.25. The fourth-order valence-corrected chi connectivity index (χ4v) is 2.85. The van der Waals surface area contributed by atoms with E-state index in [1.54, 1.807) is 18.6 Å². The molecule has 0 radical (unpaired) electrons. The van der Waals surface area contributed by atoms with Gasteiger partial charge in [-0.25, -0.2) is 9.97 Å². The molecule has 1 amide bonds. The minimum absolute atomic E-state index is 0.0168. The molecule has 1 aliphatic heterocycles. The van der Waals surface area contributed by atoms with Crippen LogP contribution in [-0.2, 0) is 4.74 Å². The van der Waals surface area contributed by atoms with Gasteiger partial charge in [0.2, 0.25) is 0 Å². The van der Waals surface area contributed by atoms with Crippen molar-refractivity contribution < 1.29 is 9.53 Å². The fraction of sp³-hybridized carbons (Fsp3) is 0.444. The maximum Gasteiger partial charge on any atom is 0.255 e. The van der Waals surface area contributed by atoms with Gasteiger partial charge >= 0.3 is 0 Å². The van der Waals surface area contributed by atoms with Gasteiger partial charge in [-0.2, -0.15) is 0 Å². The topological polar surface area (TPSA) is 68.2 Å². The average Bonchev–Trinajstić information content (AvgIpc) is 2.67. The second-order valence-corrected chi connectivity index (χ2v) is 5.95. The molecule has 0 bridgehead atoms. The molecule has 1 atom stereocenters. The molecule has 3 heterocycles. The molecule has 0 saturated carbocycles. The average molecular weight is 326 g/mol. The van der Waals surface area contributed by atoms with E-state index in [0.29, 0.717) is 12.1 Å². The summed E-state index contributed by atoms with van der Waals surface area (Å²) in [4.78, 5) is 26.9. The first kappa shape index (κ1) is 16.5. The third-order valence-electron chi connectivity index (χ3n) is 4.09. The molecule has 0 aromatic carbocycles. The lowest BCUT2D eigenvalue weighted by atomic mass is 10.1. The van der Waals surface area contributed by atoms with Gasteiger partial charge in [-0.05, 0) is 31.4 Å². The van der Waals surface area contributed by atoms with E-state index in [4.69, 9.17) is 4.74 Å². The van der Waals surface area contributed by atoms with E-state index in [-0.39, 0.29) is 12.0 Å². The summed E-state index contributed by atoms with van der Waals surface area (Å²) < 4.78 is 5.80. The maximum atomic E-state index is 12.7. The Morgan fingerprint density at radius 2 is 2.12 bits per heavy atom. The number of nitrogens with zero attached hydrogens (tertiary/aromatic N) is 4. The van der Waals surface area contributed by atoms with Gasteiger partial charge in [0.05, 0.1) is 17.4 Å². The highest BCUT2D eigenvalue weighted by Crippen LogP contribution is 2.18. The Morgan fingerprint density at radius 1 is 1.29 bits per heavy atom. The molecule has 2 aromatic heterocycles. The number of pyridine rings is 1. The second kappa shape index (κ2) is 7.97. The van der Waals surface area contributed by atoms with E-state index in [2.05, 4.69) is 21.9 Å². The predicted octanol–water partition coefficient (Wildman–Crippen LogP) is 2.57. The number of piperidine rings is 1. The summed E-state index contributed by atoms with van der Waals surface area (Å²) in [5.74, 6) is 0.0168. The Labute approximate surface area is 141 Å². The van der Waals surface area contributed by atoms with Crippen LogP contribution in [0.4, 0.5) is 0 Å². The van der Waals surface area contributed by atoms with Gasteiger partial charge in [0.1, 0.15) is 6.33 Å². The van der Waals surface area contributed by atoms with Crippen LogP contribution in [0.2, 0.25) is 0 Å². The number of rotatable bonds is 5. The molecule has 2 aromatic rings. The minimum atomic E-state index is 0.0168. The van der Waals surface area contributed by atoms with E-state index >= 15 is 0 Å². The van der Waals surface area contributed by atoms with Crippen molar-refractivity contribution in [1.29, 1.82) is 0 Å². The third-order valence-corrected chi connectivity index (χ3v) is 4.09. The van der Waals surface area contributed by atoms with Crippen LogP contribution in [0, 0.1) is 0 Å². The molecule has 24 heavy (non-hydrogen) atoms. The molecule has 3 rings (SSSR count). The largest absolute Gasteiger partial charge is 0.376 e. The van der Waals surface area contributed by atoms with E-state index in [0.717, 1.165) is 43.7 Å². The summed E-state index contributed by atoms with van der Waals surface area (Å²) in [5, 5.41) is 0. The normalized spacial score (nSPS) is 17.7. The SMILES string of the molecule is CCCO[C@@H]1CCCN(C(=O)c2ccc(-c3cncnc3)nc2)C1. The number of aromatic nitrogens is 3. The summed E-state index contributed by atoms with van der Waals surface area (Å²) in [6, 6.07) is 3.65. The Kier molecular flexibility index (Phi) is 5.48. The van der Waals surface area contributed by atoms with Gasteiger partial charge in [0.15, 0.2) is 0 Å². The highest BCUT2D eigenvalue weighted by atomic mass is 16.5. The Balaban J connectivity index is 1.66. The number of carbonyl (C=O) groups is 1. The quantitative estimate of drug-likeness (QED) is 0.845. The second-order valence-electron chi connectivity index (χ2n) is 5.95. The number of ether oxygens (including phenoxy) is 1. The summed E-state index contributed by atoms with van der Waals surface area (Å²) in [7, 11) is 0. The van der Waals surface area contributed by atoms with Gasteiger partial charge in [0.25, 0.3) is 5.91 Å². The molecule has 0 aliphatic carbocycles. The van der Waals surface area contributed by atoms with Gasteiger partial charge in [0, 0.05) is 43.9 Å². The van der Waals surface area contributed by atoms with Gasteiger partial charge in [-0.15, -0.1) is 0 Å². The molecule has 6 heteroatoms. The Bertz CT molecular complexity index is 660. The van der Waals surface area contributed by atoms with Gasteiger partial charge in [-0.3, -0.25) is 9.78 Å². The third kappa shape index (κ3) is 3.94. The van der Waals surface area contributed by atoms with Crippen LogP contribution in [0.1, 0.15) is 36.5 Å². The van der Waals surface area contributed by atoms with Gasteiger partial charge < -0.3 is 9.64 Å². The van der Waals surface area contributed by atoms with Crippen LogP contribution in [0.15, 0.2) is 37.1 Å². The molecule has 1 fully saturated rings. The molecule has 6 nitrogen and oxygen atoms in total. The lowest BCUT2D eigenvalue weighted by Gasteiger charge is -2.32. The van der Waals surface area contributed by atoms with Crippen molar-refractivity contribution in [2.75, 3.05) is 19.7 Å². The smallest absolute Gasteiger partial charge is 0.255 e. The van der Waals surface area contributed by atoms with Crippen molar-refractivity contribution >= 4 is 5.91 Å². The first-order valence-corrected chi connectivity index (χ1v) is 8.40. The number of likely N-dealkylation sites (tertiary alicyclic amines) is 1. The standard InChI is InChI=1S/C18H22N4O2/c1-2-8-24-16-4-3-7-22(12-16)18(23)14-5-6-17(21-11-14)15-9-19-13-20-10-15/h5-6,9-11,13,16H,2-4,7-8,12H2,1H3/t16-/m1/s1. The van der Waals surface area contributed by atoms with Crippen molar-refractivity contribution in [3.8, 4) is 11.3 Å². The fourth-order valence-electron chi connectivity index (χ4n) is 2.85. The van der Waals surface area contributed by atoms with Crippen LogP contribution in [0.5, 0.6) is 0 Å². The molecular formula is C18H22N4O2. The van der Waals surface area contributed by atoms with Crippen molar-refractivity contribution in [1.82, 2.24) is 19.9 Å². The number of hydrogen-bond donors (Lipinski definition) is 0. The summed E-state index contributed by atoms with van der Waals surface area (Å²) in [5.41, 5.74) is 2.20. The van der Waals surface area contributed by atoms with Crippen LogP contribution >= 0.6 is 0 Å². The lowest BCUT2D eigenvalue weighted by molar-refractivity contribution is 0.00210. The van der Waals surface area contributed by atoms with Crippen LogP contribution in [-0.4, -0.2) is 51.6 Å². The number of hydrogen-bond acceptors (Lipinski definition) is 5. The van der Waals surface area contributed by atoms with Crippen molar-refractivity contribution in [2.24, 2.45) is 0 Å². The van der Waals surface area contributed by atoms with Crippen LogP contribution in [0.3, 0.4) is 0 Å². The maximum absolute atomic E-state index is 12.7. The zero-order valence-electron chi connectivity index (χ0n) is 13.9. The zero-order valence-corrected chi connectivity index (χ0v) is 13.9. The van der Waals surface area contributed by atoms with Crippen molar-refractivity contribution in [2.45, 2.75) is 32.3 Å². The minimum Gasteiger partial charge on any atom is -0.376 e. The summed E-state index contributed by atoms with van der Waals surface area (Å²) >= 11 is 0. The van der Waals surface area contributed by atoms with E-state index < -0.39 is 0 Å². The van der Waals surface area contributed by atoms with E-state index in [1.807, 2.05) is 17.0 Å². The van der Waals surface area contributed by atoms with Crippen molar-refractivity contribution in [3.63, 3.8) is 0 Å². The molecule has 126 valence electrons. The van der Waals surface area contributed by atoms with Gasteiger partial charge in [-0.1, -0.05) is 6.92 Å². The molecule has 1 aliphatic rings. The van der Waals surface area contributed by atoms with Crippen LogP contribution in [0.25, 0.3) is 11.3 Å². The summed E-state index contributed by atoms with van der Waals surface area (Å²) in [6.45, 7) is 4.28. The molecule has 0 unspecified atom stereocenters. The first-order valence-electron chi connectivity index (χ1n) is 8.40. The van der Waals surface area contributed by atoms with E-state index in [1.165, 1.54) is 6.33 Å². The van der Waals surface area contributed by atoms with Crippen LogP contribution < -0.4 is 0 Å². The molecule has 1 saturated heterocycles. The Hall–Kier alpha value is -2.34. The Morgan fingerprint density at radius 3 is 2.83 bits per heavy atom. The number of carbonyl (C=O) groups excluding carboxylic acids is 1. The molecule has 0 N–H and O–H groups in total. The molecule has 0 spiro atoms. The highest BCUT2D eigenvalue weighted by molar-refractivity contribution is 5.94. The first-order chi connectivity index (χ1) is 11.8. The summed E-state index contributed by atoms with van der Waals surface area (Å²) in [6.07, 6.45) is 9.67. The predicted molar refractivity (Wildman–Crippen MR) is 90.4 cm³/mol.